The second kappa shape index (κ2) is 5.84. The van der Waals surface area contributed by atoms with Gasteiger partial charge in [0.25, 0.3) is 0 Å². The van der Waals surface area contributed by atoms with E-state index < -0.39 is 5.41 Å². The number of ether oxygens (including phenoxy) is 1. The van der Waals surface area contributed by atoms with E-state index in [0.717, 1.165) is 49.8 Å². The number of Topliss-reactive ketones (excluding diaryl/α,β-unsaturated/α-hetero) is 1. The number of ketones is 1. The Kier molecular flexibility index (Phi) is 3.79. The van der Waals surface area contributed by atoms with Crippen LogP contribution in [0.2, 0.25) is 5.15 Å². The highest BCUT2D eigenvalue weighted by Crippen LogP contribution is 2.47. The van der Waals surface area contributed by atoms with Crippen LogP contribution in [0, 0.1) is 0 Å². The van der Waals surface area contributed by atoms with E-state index in [-0.39, 0.29) is 10.9 Å². The predicted octanol–water partition coefficient (Wildman–Crippen LogP) is 3.51. The summed E-state index contributed by atoms with van der Waals surface area (Å²) in [6.07, 6.45) is 6.05. The van der Waals surface area contributed by atoms with E-state index >= 15 is 0 Å². The maximum atomic E-state index is 12.7. The fraction of sp³-hybridized carbons (Fsp3) is 0.529. The van der Waals surface area contributed by atoms with Crippen LogP contribution in [0.25, 0.3) is 11.5 Å². The van der Waals surface area contributed by atoms with E-state index in [4.69, 9.17) is 20.9 Å². The molecule has 0 bridgehead atoms. The van der Waals surface area contributed by atoms with Crippen LogP contribution in [0.3, 0.4) is 0 Å². The third kappa shape index (κ3) is 2.32. The van der Waals surface area contributed by atoms with Crippen LogP contribution in [0.1, 0.15) is 49.8 Å². The van der Waals surface area contributed by atoms with Crippen molar-refractivity contribution in [3.05, 3.63) is 22.5 Å². The van der Waals surface area contributed by atoms with Crippen LogP contribution in [-0.4, -0.2) is 28.0 Å². The number of nitrogens with zero attached hydrogens (tertiary/aromatic N) is 3. The molecule has 7 heteroatoms. The zero-order valence-corrected chi connectivity index (χ0v) is 14.2. The van der Waals surface area contributed by atoms with Crippen molar-refractivity contribution in [1.82, 2.24) is 15.1 Å². The Morgan fingerprint density at radius 2 is 2.04 bits per heavy atom. The molecule has 0 aromatic carbocycles. The van der Waals surface area contributed by atoms with Gasteiger partial charge in [-0.2, -0.15) is 4.98 Å². The molecule has 6 nitrogen and oxygen atoms in total. The molecule has 126 valence electrons. The van der Waals surface area contributed by atoms with Crippen LogP contribution < -0.4 is 4.74 Å². The molecule has 4 rings (SSSR count). The number of fused-ring (bicyclic) bond motifs is 2. The van der Waals surface area contributed by atoms with Crippen LogP contribution in [0.5, 0.6) is 5.88 Å². The van der Waals surface area contributed by atoms with Gasteiger partial charge in [0.2, 0.25) is 5.88 Å². The monoisotopic (exact) mass is 347 g/mol. The first kappa shape index (κ1) is 15.6. The third-order valence-corrected chi connectivity index (χ3v) is 5.33. The maximum absolute atomic E-state index is 12.7. The molecule has 0 unspecified atom stereocenters. The van der Waals surface area contributed by atoms with Gasteiger partial charge < -0.3 is 9.26 Å². The molecule has 0 amide bonds. The number of hydrogen-bond acceptors (Lipinski definition) is 6. The highest BCUT2D eigenvalue weighted by Gasteiger charge is 2.48. The largest absolute Gasteiger partial charge is 0.481 e. The lowest BCUT2D eigenvalue weighted by Gasteiger charge is -2.36. The van der Waals surface area contributed by atoms with Gasteiger partial charge in [-0.3, -0.25) is 4.79 Å². The molecule has 1 saturated carbocycles. The van der Waals surface area contributed by atoms with Crippen molar-refractivity contribution in [2.75, 3.05) is 7.11 Å². The lowest BCUT2D eigenvalue weighted by atomic mass is 9.64. The predicted molar refractivity (Wildman–Crippen MR) is 87.2 cm³/mol. The molecule has 0 N–H and O–H groups in total. The summed E-state index contributed by atoms with van der Waals surface area (Å²) in [6.45, 7) is 0. The smallest absolute Gasteiger partial charge is 0.218 e. The van der Waals surface area contributed by atoms with Crippen molar-refractivity contribution in [2.45, 2.75) is 50.4 Å². The lowest BCUT2D eigenvalue weighted by Crippen LogP contribution is -2.41. The number of aromatic nitrogens is 3. The molecule has 0 aliphatic heterocycles. The van der Waals surface area contributed by atoms with E-state index in [1.54, 1.807) is 6.07 Å². The minimum Gasteiger partial charge on any atom is -0.481 e. The summed E-state index contributed by atoms with van der Waals surface area (Å²) in [5.41, 5.74) is 1.02. The van der Waals surface area contributed by atoms with Crippen LogP contribution in [0.4, 0.5) is 0 Å². The second-order valence-electron chi connectivity index (χ2n) is 6.46. The molecule has 2 aromatic heterocycles. The maximum Gasteiger partial charge on any atom is 0.218 e. The first-order chi connectivity index (χ1) is 11.6. The van der Waals surface area contributed by atoms with E-state index in [2.05, 4.69) is 15.1 Å². The van der Waals surface area contributed by atoms with Gasteiger partial charge >= 0.3 is 0 Å². The number of carbonyl (C=O) groups excluding carboxylic acids is 1. The minimum atomic E-state index is -0.500. The average Bonchev–Trinajstić information content (AvgIpc) is 3.02. The summed E-state index contributed by atoms with van der Waals surface area (Å²) < 4.78 is 10.8. The second-order valence-corrected chi connectivity index (χ2v) is 6.85. The zero-order chi connectivity index (χ0) is 16.7. The minimum absolute atomic E-state index is 0.280. The highest BCUT2D eigenvalue weighted by molar-refractivity contribution is 6.29. The van der Waals surface area contributed by atoms with Crippen molar-refractivity contribution >= 4 is 17.4 Å². The molecule has 1 fully saturated rings. The molecule has 2 aromatic rings. The van der Waals surface area contributed by atoms with Crippen LogP contribution in [0.15, 0.2) is 10.6 Å². The molecule has 24 heavy (non-hydrogen) atoms. The van der Waals surface area contributed by atoms with Crippen LogP contribution >= 0.6 is 11.6 Å². The van der Waals surface area contributed by atoms with Gasteiger partial charge in [-0.15, -0.1) is 0 Å². The van der Waals surface area contributed by atoms with Gasteiger partial charge in [0.1, 0.15) is 10.9 Å². The SMILES string of the molecule is COc1cc(Cl)nc(-c2noc3c2CCC[C@@]32CCCCC2=O)n1. The molecule has 1 spiro atoms. The number of rotatable bonds is 2. The van der Waals surface area contributed by atoms with Crippen LogP contribution in [-0.2, 0) is 16.6 Å². The standard InChI is InChI=1S/C17H18ClN3O3/c1-23-13-9-12(18)19-16(20-13)14-10-5-4-8-17(15(10)24-21-14)7-3-2-6-11(17)22/h9H,2-8H2,1H3/t17-/m1/s1. The first-order valence-corrected chi connectivity index (χ1v) is 8.63. The Morgan fingerprint density at radius 1 is 1.21 bits per heavy atom. The van der Waals surface area contributed by atoms with Gasteiger partial charge in [-0.05, 0) is 32.1 Å². The normalized spacial score (nSPS) is 23.3. The Morgan fingerprint density at radius 3 is 2.83 bits per heavy atom. The van der Waals surface area contributed by atoms with Gasteiger partial charge in [0.05, 0.1) is 12.5 Å². The molecule has 1 atom stereocenters. The van der Waals surface area contributed by atoms with Crippen molar-refractivity contribution in [3.63, 3.8) is 0 Å². The van der Waals surface area contributed by atoms with Crippen molar-refractivity contribution in [1.29, 1.82) is 0 Å². The fourth-order valence-corrected chi connectivity index (χ4v) is 4.15. The Balaban J connectivity index is 1.83. The molecule has 2 aliphatic carbocycles. The Bertz CT molecular complexity index is 804. The van der Waals surface area contributed by atoms with Crippen molar-refractivity contribution in [3.8, 4) is 17.4 Å². The first-order valence-electron chi connectivity index (χ1n) is 8.25. The summed E-state index contributed by atoms with van der Waals surface area (Å²) in [7, 11) is 1.52. The van der Waals surface area contributed by atoms with E-state index in [1.807, 2.05) is 0 Å². The van der Waals surface area contributed by atoms with E-state index in [0.29, 0.717) is 23.8 Å². The summed E-state index contributed by atoms with van der Waals surface area (Å²) in [5, 5.41) is 4.49. The summed E-state index contributed by atoms with van der Waals surface area (Å²) in [6, 6.07) is 1.55. The van der Waals surface area contributed by atoms with E-state index in [1.165, 1.54) is 7.11 Å². The van der Waals surface area contributed by atoms with Crippen molar-refractivity contribution < 1.29 is 14.1 Å². The molecule has 2 heterocycles. The molecule has 0 radical (unpaired) electrons. The van der Waals surface area contributed by atoms with Gasteiger partial charge in [-0.1, -0.05) is 23.2 Å². The fourth-order valence-electron chi connectivity index (χ4n) is 3.98. The Labute approximate surface area is 144 Å². The van der Waals surface area contributed by atoms with Gasteiger partial charge in [-0.25, -0.2) is 4.98 Å². The molecule has 2 aliphatic rings. The molecular formula is C17H18ClN3O3. The zero-order valence-electron chi connectivity index (χ0n) is 13.5. The van der Waals surface area contributed by atoms with Crippen molar-refractivity contribution in [2.24, 2.45) is 0 Å². The van der Waals surface area contributed by atoms with Gasteiger partial charge in [0, 0.05) is 18.1 Å². The quantitative estimate of drug-likeness (QED) is 0.773. The topological polar surface area (TPSA) is 78.1 Å². The number of hydrogen-bond donors (Lipinski definition) is 0. The number of halogens is 1. The lowest BCUT2D eigenvalue weighted by molar-refractivity contribution is -0.128. The third-order valence-electron chi connectivity index (χ3n) is 5.14. The van der Waals surface area contributed by atoms with Gasteiger partial charge in [0.15, 0.2) is 17.3 Å². The summed E-state index contributed by atoms with van der Waals surface area (Å²) in [4.78, 5) is 21.3. The highest BCUT2D eigenvalue weighted by atomic mass is 35.5. The Hall–Kier alpha value is -1.95. The molecule has 0 saturated heterocycles. The number of methoxy groups -OCH3 is 1. The molecular weight excluding hydrogens is 330 g/mol. The van der Waals surface area contributed by atoms with E-state index in [9.17, 15) is 4.79 Å². The number of carbonyl (C=O) groups is 1. The summed E-state index contributed by atoms with van der Waals surface area (Å²) in [5.74, 6) is 1.75. The average molecular weight is 348 g/mol. The summed E-state index contributed by atoms with van der Waals surface area (Å²) >= 11 is 6.05.